The molecule has 2 aliphatic heterocycles. The Kier molecular flexibility index (Phi) is 5.02. The molecular formula is C18H25NO6. The van der Waals surface area contributed by atoms with Crippen LogP contribution in [0.2, 0.25) is 0 Å². The van der Waals surface area contributed by atoms with Crippen LogP contribution in [0.1, 0.15) is 26.3 Å². The van der Waals surface area contributed by atoms with Crippen molar-refractivity contribution in [1.82, 2.24) is 5.32 Å². The maximum Gasteiger partial charge on any atom is 0.223 e. The Morgan fingerprint density at radius 3 is 2.84 bits per heavy atom. The van der Waals surface area contributed by atoms with E-state index in [-0.39, 0.29) is 12.5 Å². The van der Waals surface area contributed by atoms with Crippen molar-refractivity contribution in [2.45, 2.75) is 64.1 Å². The molecule has 0 saturated carbocycles. The van der Waals surface area contributed by atoms with E-state index < -0.39 is 36.4 Å². The molecule has 2 N–H and O–H groups in total. The van der Waals surface area contributed by atoms with Crippen molar-refractivity contribution >= 4 is 5.91 Å². The molecule has 3 rings (SSSR count). The van der Waals surface area contributed by atoms with E-state index in [1.807, 2.05) is 25.1 Å². The van der Waals surface area contributed by atoms with Gasteiger partial charge in [-0.15, -0.1) is 0 Å². The second-order valence-corrected chi connectivity index (χ2v) is 6.99. The molecule has 0 radical (unpaired) electrons. The first-order valence-electron chi connectivity index (χ1n) is 8.41. The van der Waals surface area contributed by atoms with E-state index in [2.05, 4.69) is 5.32 Å². The van der Waals surface area contributed by atoms with Crippen LogP contribution in [0, 0.1) is 6.92 Å². The molecule has 7 nitrogen and oxygen atoms in total. The van der Waals surface area contributed by atoms with Crippen LogP contribution < -0.4 is 10.1 Å². The molecule has 2 aliphatic rings. The number of carbonyl (C=O) groups excluding carboxylic acids is 1. The van der Waals surface area contributed by atoms with Gasteiger partial charge >= 0.3 is 0 Å². The third-order valence-electron chi connectivity index (χ3n) is 4.30. The summed E-state index contributed by atoms with van der Waals surface area (Å²) in [5.74, 6) is -0.504. The minimum absolute atomic E-state index is 0.273. The molecule has 138 valence electrons. The Bertz CT molecular complexity index is 634. The molecule has 5 atom stereocenters. The minimum atomic E-state index is -0.986. The largest absolute Gasteiger partial charge is 0.463 e. The van der Waals surface area contributed by atoms with Crippen LogP contribution >= 0.6 is 0 Å². The molecular weight excluding hydrogens is 326 g/mol. The van der Waals surface area contributed by atoms with Crippen molar-refractivity contribution in [1.29, 1.82) is 0 Å². The number of fused-ring (bicyclic) bond motifs is 1. The lowest BCUT2D eigenvalue weighted by atomic mass is 9.95. The topological polar surface area (TPSA) is 86.3 Å². The van der Waals surface area contributed by atoms with Crippen molar-refractivity contribution < 1.29 is 28.8 Å². The second-order valence-electron chi connectivity index (χ2n) is 6.99. The van der Waals surface area contributed by atoms with Gasteiger partial charge in [0.1, 0.15) is 30.1 Å². The Labute approximate surface area is 147 Å². The maximum atomic E-state index is 11.6. The van der Waals surface area contributed by atoms with Gasteiger partial charge in [-0.25, -0.2) is 0 Å². The highest BCUT2D eigenvalue weighted by atomic mass is 16.8. The molecule has 0 aliphatic carbocycles. The van der Waals surface area contributed by atoms with Crippen LogP contribution in [0.5, 0.6) is 5.75 Å². The van der Waals surface area contributed by atoms with Gasteiger partial charge in [-0.3, -0.25) is 4.79 Å². The molecule has 0 bridgehead atoms. The van der Waals surface area contributed by atoms with Gasteiger partial charge in [0.25, 0.3) is 0 Å². The van der Waals surface area contributed by atoms with Crippen LogP contribution in [0.15, 0.2) is 24.3 Å². The molecule has 2 saturated heterocycles. The van der Waals surface area contributed by atoms with Gasteiger partial charge in [-0.1, -0.05) is 12.1 Å². The van der Waals surface area contributed by atoms with Crippen molar-refractivity contribution in [2.24, 2.45) is 0 Å². The predicted octanol–water partition coefficient (Wildman–Crippen LogP) is 1.12. The first-order valence-corrected chi connectivity index (χ1v) is 8.41. The number of aliphatic hydroxyl groups is 1. The Hall–Kier alpha value is -1.67. The summed E-state index contributed by atoms with van der Waals surface area (Å²) in [5, 5.41) is 13.5. The van der Waals surface area contributed by atoms with Gasteiger partial charge in [0.2, 0.25) is 12.2 Å². The number of ether oxygens (including phenoxy) is 4. The number of hydrogen-bond acceptors (Lipinski definition) is 6. The van der Waals surface area contributed by atoms with Crippen LogP contribution in [0.4, 0.5) is 0 Å². The summed E-state index contributed by atoms with van der Waals surface area (Å²) in [6, 6.07) is 6.74. The Morgan fingerprint density at radius 1 is 1.40 bits per heavy atom. The van der Waals surface area contributed by atoms with Gasteiger partial charge in [-0.2, -0.15) is 0 Å². The summed E-state index contributed by atoms with van der Waals surface area (Å²) in [7, 11) is 0. The monoisotopic (exact) mass is 351 g/mol. The Morgan fingerprint density at radius 2 is 2.16 bits per heavy atom. The first kappa shape index (κ1) is 18.1. The molecule has 7 heteroatoms. The van der Waals surface area contributed by atoms with Crippen molar-refractivity contribution in [3.63, 3.8) is 0 Å². The quantitative estimate of drug-likeness (QED) is 0.849. The molecule has 0 unspecified atom stereocenters. The van der Waals surface area contributed by atoms with Crippen LogP contribution in [-0.4, -0.2) is 54.1 Å². The third-order valence-corrected chi connectivity index (χ3v) is 4.30. The number of benzene rings is 1. The molecule has 2 heterocycles. The molecule has 1 aromatic rings. The first-order chi connectivity index (χ1) is 11.7. The van der Waals surface area contributed by atoms with Gasteiger partial charge < -0.3 is 29.4 Å². The van der Waals surface area contributed by atoms with Crippen molar-refractivity contribution in [2.75, 3.05) is 6.61 Å². The van der Waals surface area contributed by atoms with Gasteiger partial charge in [-0.05, 0) is 38.5 Å². The van der Waals surface area contributed by atoms with Crippen molar-refractivity contribution in [3.05, 3.63) is 29.8 Å². The molecule has 0 aromatic heterocycles. The normalized spacial score (nSPS) is 34.0. The fourth-order valence-electron chi connectivity index (χ4n) is 3.16. The minimum Gasteiger partial charge on any atom is -0.463 e. The van der Waals surface area contributed by atoms with Gasteiger partial charge in [0, 0.05) is 6.92 Å². The number of aryl methyl sites for hydroxylation is 1. The molecule has 25 heavy (non-hydrogen) atoms. The van der Waals surface area contributed by atoms with E-state index in [0.717, 1.165) is 5.56 Å². The number of hydrogen-bond donors (Lipinski definition) is 2. The fraction of sp³-hybridized carbons (Fsp3) is 0.611. The lowest BCUT2D eigenvalue weighted by Crippen LogP contribution is -2.69. The summed E-state index contributed by atoms with van der Waals surface area (Å²) in [6.45, 7) is 7.17. The number of rotatable bonds is 3. The van der Waals surface area contributed by atoms with Crippen molar-refractivity contribution in [3.8, 4) is 5.75 Å². The predicted molar refractivity (Wildman–Crippen MR) is 89.0 cm³/mol. The molecule has 2 fully saturated rings. The van der Waals surface area contributed by atoms with Gasteiger partial charge in [0.15, 0.2) is 5.79 Å². The smallest absolute Gasteiger partial charge is 0.223 e. The van der Waals surface area contributed by atoms with E-state index in [1.165, 1.54) is 6.92 Å². The third kappa shape index (κ3) is 4.12. The van der Waals surface area contributed by atoms with Crippen LogP contribution in [0.3, 0.4) is 0 Å². The van der Waals surface area contributed by atoms with E-state index in [1.54, 1.807) is 19.9 Å². The molecule has 0 spiro atoms. The highest BCUT2D eigenvalue weighted by Crippen LogP contribution is 2.33. The summed E-state index contributed by atoms with van der Waals surface area (Å²) in [5.41, 5.74) is 1.04. The van der Waals surface area contributed by atoms with Crippen LogP contribution in [0.25, 0.3) is 0 Å². The average Bonchev–Trinajstić information content (AvgIpc) is 2.51. The van der Waals surface area contributed by atoms with Crippen LogP contribution in [-0.2, 0) is 19.0 Å². The maximum absolute atomic E-state index is 11.6. The summed E-state index contributed by atoms with van der Waals surface area (Å²) in [4.78, 5) is 11.6. The SMILES string of the molecule is CC(=O)N[C@H]1[C@@H](Oc2cccc(C)c2)O[C@H]2COC(C)(C)O[C@H]2[C@H]1O. The zero-order valence-electron chi connectivity index (χ0n) is 14.9. The van der Waals surface area contributed by atoms with E-state index in [9.17, 15) is 9.90 Å². The standard InChI is InChI=1S/C18H25NO6/c1-10-6-5-7-12(8-10)23-17-14(19-11(2)20)15(21)16-13(24-17)9-22-18(3,4)25-16/h5-8,13-17,21H,9H2,1-4H3,(H,19,20)/t13-,14+,15-,16+,17-/m0/s1. The average molecular weight is 351 g/mol. The van der Waals surface area contributed by atoms with E-state index in [4.69, 9.17) is 18.9 Å². The molecule has 1 amide bonds. The zero-order valence-corrected chi connectivity index (χ0v) is 14.9. The lowest BCUT2D eigenvalue weighted by Gasteiger charge is -2.49. The summed E-state index contributed by atoms with van der Waals surface area (Å²) >= 11 is 0. The zero-order chi connectivity index (χ0) is 18.2. The highest BCUT2D eigenvalue weighted by Gasteiger charge is 2.52. The summed E-state index contributed by atoms with van der Waals surface area (Å²) < 4.78 is 23.3. The number of nitrogens with one attached hydrogen (secondary N) is 1. The van der Waals surface area contributed by atoms with E-state index in [0.29, 0.717) is 5.75 Å². The number of carbonyl (C=O) groups is 1. The Balaban J connectivity index is 1.82. The van der Waals surface area contributed by atoms with E-state index >= 15 is 0 Å². The van der Waals surface area contributed by atoms with Gasteiger partial charge in [0.05, 0.1) is 6.61 Å². The fourth-order valence-corrected chi connectivity index (χ4v) is 3.16. The lowest BCUT2D eigenvalue weighted by molar-refractivity contribution is -0.361. The second kappa shape index (κ2) is 6.92. The summed E-state index contributed by atoms with van der Waals surface area (Å²) in [6.07, 6.45) is -2.93. The molecule has 1 aromatic carbocycles. The number of aliphatic hydroxyl groups excluding tert-OH is 1. The number of amides is 1. The highest BCUT2D eigenvalue weighted by molar-refractivity contribution is 5.73.